The molecule has 134 valence electrons. The molecule has 1 aliphatic heterocycles. The van der Waals surface area contributed by atoms with Gasteiger partial charge in [-0.25, -0.2) is 4.39 Å². The lowest BCUT2D eigenvalue weighted by Crippen LogP contribution is -2.50. The molecular weight excluding hydrogens is 363 g/mol. The van der Waals surface area contributed by atoms with Crippen LogP contribution in [0.25, 0.3) is 6.08 Å². The molecule has 2 N–H and O–H groups in total. The van der Waals surface area contributed by atoms with Crippen molar-refractivity contribution >= 4 is 29.5 Å². The number of hydrogen-bond donors (Lipinski definition) is 2. The molecule has 0 radical (unpaired) electrons. The molecule has 0 fully saturated rings. The molecule has 1 atom stereocenters. The van der Waals surface area contributed by atoms with E-state index in [1.54, 1.807) is 24.3 Å². The van der Waals surface area contributed by atoms with E-state index in [0.717, 1.165) is 0 Å². The molecule has 0 aromatic heterocycles. The first-order chi connectivity index (χ1) is 12.5. The van der Waals surface area contributed by atoms with Crippen molar-refractivity contribution in [2.24, 2.45) is 0 Å². The predicted octanol–water partition coefficient (Wildman–Crippen LogP) is 2.48. The summed E-state index contributed by atoms with van der Waals surface area (Å²) in [6.07, 6.45) is 1.73. The Morgan fingerprint density at radius 1 is 1.15 bits per heavy atom. The van der Waals surface area contributed by atoms with Gasteiger partial charge in [-0.05, 0) is 35.9 Å². The van der Waals surface area contributed by atoms with Crippen molar-refractivity contribution in [2.75, 3.05) is 6.61 Å². The third-order valence-corrected chi connectivity index (χ3v) is 3.77. The molecule has 1 unspecified atom stereocenters. The fourth-order valence-electron chi connectivity index (χ4n) is 2.18. The number of halogens is 2. The molecule has 1 aliphatic rings. The first kappa shape index (κ1) is 17.8. The summed E-state index contributed by atoms with van der Waals surface area (Å²) in [6, 6.07) is 11.0. The maximum Gasteiger partial charge on any atom is 0.283 e. The van der Waals surface area contributed by atoms with E-state index in [1.807, 2.05) is 0 Å². The number of benzene rings is 2. The predicted molar refractivity (Wildman–Crippen MR) is 93.1 cm³/mol. The van der Waals surface area contributed by atoms with Crippen molar-refractivity contribution in [1.29, 1.82) is 0 Å². The highest BCUT2D eigenvalue weighted by Crippen LogP contribution is 2.30. The van der Waals surface area contributed by atoms with E-state index < -0.39 is 23.7 Å². The van der Waals surface area contributed by atoms with Crippen LogP contribution in [0.4, 0.5) is 4.39 Å². The monoisotopic (exact) mass is 376 g/mol. The number of amides is 2. The Balaban J connectivity index is 1.50. The molecular formula is C18H14ClFN2O4. The number of para-hydroxylation sites is 2. The van der Waals surface area contributed by atoms with Crippen LogP contribution in [0.1, 0.15) is 5.56 Å². The van der Waals surface area contributed by atoms with Gasteiger partial charge in [-0.1, -0.05) is 29.8 Å². The van der Waals surface area contributed by atoms with Gasteiger partial charge in [-0.2, -0.15) is 0 Å². The molecule has 6 nitrogen and oxygen atoms in total. The first-order valence-corrected chi connectivity index (χ1v) is 8.02. The first-order valence-electron chi connectivity index (χ1n) is 7.64. The maximum absolute atomic E-state index is 13.1. The fourth-order valence-corrected chi connectivity index (χ4v) is 2.37. The fraction of sp³-hybridized carbons (Fsp3) is 0.111. The van der Waals surface area contributed by atoms with Gasteiger partial charge in [0.25, 0.3) is 11.8 Å². The summed E-state index contributed by atoms with van der Waals surface area (Å²) in [7, 11) is 0. The van der Waals surface area contributed by atoms with Crippen molar-refractivity contribution in [3.8, 4) is 11.5 Å². The van der Waals surface area contributed by atoms with Crippen LogP contribution in [0.15, 0.2) is 48.5 Å². The van der Waals surface area contributed by atoms with Crippen molar-refractivity contribution in [3.63, 3.8) is 0 Å². The molecule has 0 saturated carbocycles. The smallest absolute Gasteiger partial charge is 0.283 e. The molecule has 2 aromatic rings. The number of fused-ring (bicyclic) bond motifs is 1. The molecule has 26 heavy (non-hydrogen) atoms. The van der Waals surface area contributed by atoms with Gasteiger partial charge < -0.3 is 9.47 Å². The lowest BCUT2D eigenvalue weighted by Gasteiger charge is -2.25. The Bertz CT molecular complexity index is 872. The quantitative estimate of drug-likeness (QED) is 0.637. The van der Waals surface area contributed by atoms with Gasteiger partial charge in [0.1, 0.15) is 12.4 Å². The van der Waals surface area contributed by atoms with Crippen LogP contribution < -0.4 is 20.3 Å². The highest BCUT2D eigenvalue weighted by atomic mass is 35.5. The summed E-state index contributed by atoms with van der Waals surface area (Å²) >= 11 is 5.66. The van der Waals surface area contributed by atoms with Crippen LogP contribution in [0.2, 0.25) is 5.02 Å². The van der Waals surface area contributed by atoms with Crippen molar-refractivity contribution < 1.29 is 23.5 Å². The van der Waals surface area contributed by atoms with Crippen LogP contribution in [0.3, 0.4) is 0 Å². The number of ether oxygens (including phenoxy) is 2. The van der Waals surface area contributed by atoms with Crippen LogP contribution in [0, 0.1) is 5.82 Å². The van der Waals surface area contributed by atoms with E-state index >= 15 is 0 Å². The number of carbonyl (C=O) groups is 2. The number of carbonyl (C=O) groups excluding carboxylic acids is 2. The number of hydrazine groups is 1. The minimum absolute atomic E-state index is 0.0304. The van der Waals surface area contributed by atoms with E-state index in [2.05, 4.69) is 10.9 Å². The second-order valence-corrected chi connectivity index (χ2v) is 5.76. The zero-order chi connectivity index (χ0) is 18.5. The highest BCUT2D eigenvalue weighted by Gasteiger charge is 2.27. The normalized spacial score (nSPS) is 15.5. The Morgan fingerprint density at radius 2 is 1.92 bits per heavy atom. The minimum Gasteiger partial charge on any atom is -0.485 e. The molecule has 8 heteroatoms. The molecule has 0 bridgehead atoms. The number of rotatable bonds is 3. The molecule has 0 spiro atoms. The van der Waals surface area contributed by atoms with Gasteiger partial charge in [-0.3, -0.25) is 20.4 Å². The van der Waals surface area contributed by atoms with Gasteiger partial charge in [0.15, 0.2) is 11.5 Å². The van der Waals surface area contributed by atoms with E-state index in [-0.39, 0.29) is 11.6 Å². The Morgan fingerprint density at radius 3 is 2.69 bits per heavy atom. The summed E-state index contributed by atoms with van der Waals surface area (Å²) in [6.45, 7) is 0.0304. The molecule has 0 aliphatic carbocycles. The van der Waals surface area contributed by atoms with Crippen molar-refractivity contribution in [2.45, 2.75) is 6.10 Å². The Labute approximate surface area is 153 Å². The number of nitrogens with one attached hydrogen (secondary N) is 2. The molecule has 3 rings (SSSR count). The lowest BCUT2D eigenvalue weighted by atomic mass is 10.2. The van der Waals surface area contributed by atoms with Gasteiger partial charge in [-0.15, -0.1) is 0 Å². The van der Waals surface area contributed by atoms with Gasteiger partial charge in [0.2, 0.25) is 6.10 Å². The second-order valence-electron chi connectivity index (χ2n) is 5.35. The van der Waals surface area contributed by atoms with Crippen LogP contribution in [0.5, 0.6) is 11.5 Å². The van der Waals surface area contributed by atoms with Gasteiger partial charge in [0.05, 0.1) is 5.02 Å². The van der Waals surface area contributed by atoms with E-state index in [0.29, 0.717) is 17.1 Å². The van der Waals surface area contributed by atoms with Gasteiger partial charge >= 0.3 is 0 Å². The van der Waals surface area contributed by atoms with Crippen LogP contribution in [-0.2, 0) is 9.59 Å². The highest BCUT2D eigenvalue weighted by molar-refractivity contribution is 6.30. The van der Waals surface area contributed by atoms with Crippen molar-refractivity contribution in [1.82, 2.24) is 10.9 Å². The third-order valence-electron chi connectivity index (χ3n) is 3.48. The SMILES string of the molecule is O=C(C=Cc1ccc(F)c(Cl)c1)NNC(=O)C1COc2ccccc2O1. The third kappa shape index (κ3) is 4.31. The summed E-state index contributed by atoms with van der Waals surface area (Å²) in [5.74, 6) is -0.654. The van der Waals surface area contributed by atoms with E-state index in [9.17, 15) is 14.0 Å². The maximum atomic E-state index is 13.1. The minimum atomic E-state index is -0.884. The number of hydrogen-bond acceptors (Lipinski definition) is 4. The average molecular weight is 377 g/mol. The molecule has 2 aromatic carbocycles. The molecule has 1 heterocycles. The standard InChI is InChI=1S/C18H14ClFN2O4/c19-12-9-11(5-7-13(12)20)6-8-17(23)21-22-18(24)16-10-25-14-3-1-2-4-15(14)26-16/h1-9,16H,10H2,(H,21,23)(H,22,24). The lowest BCUT2D eigenvalue weighted by molar-refractivity contribution is -0.134. The Hall–Kier alpha value is -3.06. The van der Waals surface area contributed by atoms with Crippen molar-refractivity contribution in [3.05, 3.63) is 64.9 Å². The summed E-state index contributed by atoms with van der Waals surface area (Å²) in [4.78, 5) is 23.8. The zero-order valence-electron chi connectivity index (χ0n) is 13.4. The van der Waals surface area contributed by atoms with Crippen LogP contribution in [-0.4, -0.2) is 24.5 Å². The van der Waals surface area contributed by atoms with E-state index in [1.165, 1.54) is 30.4 Å². The summed E-state index contributed by atoms with van der Waals surface area (Å²) < 4.78 is 24.0. The van der Waals surface area contributed by atoms with E-state index in [4.69, 9.17) is 21.1 Å². The zero-order valence-corrected chi connectivity index (χ0v) is 14.1. The average Bonchev–Trinajstić information content (AvgIpc) is 2.66. The summed E-state index contributed by atoms with van der Waals surface area (Å²) in [5.41, 5.74) is 5.03. The van der Waals surface area contributed by atoms with Gasteiger partial charge in [0, 0.05) is 6.08 Å². The summed E-state index contributed by atoms with van der Waals surface area (Å²) in [5, 5.41) is -0.0458. The Kier molecular flexibility index (Phi) is 5.38. The largest absolute Gasteiger partial charge is 0.485 e. The topological polar surface area (TPSA) is 76.7 Å². The second kappa shape index (κ2) is 7.88. The van der Waals surface area contributed by atoms with Crippen LogP contribution >= 0.6 is 11.6 Å². The molecule has 0 saturated heterocycles. The molecule has 2 amide bonds.